The Kier molecular flexibility index (Phi) is 125. The number of hydrogen-bond donors (Lipinski definition) is 2. The SMILES string of the molecule is CC(C)C.CC(C)C(C)(C)C.CC(C)C(C)C.CC(C)CC(C)C.CC(C)CCC(=O)O.CC(C)CCC(N)=O.CC(C)Cc1ccccc1.CCC(C)C.CCCC(C)C.CCCC(C)C.CCCC(C)C.CCCCC(C)C.CCCCC(C)C.CCCCCC(C)C. The summed E-state index contributed by atoms with van der Waals surface area (Å²) in [5.74, 6) is 12.3. The van der Waals surface area contributed by atoms with Gasteiger partial charge in [-0.1, -0.05) is 437 Å². The molecule has 0 atom stereocenters. The van der Waals surface area contributed by atoms with Gasteiger partial charge in [-0.25, -0.2) is 0 Å². The molecule has 0 spiro atoms. The molecule has 1 amide bonds. The molecule has 4 heteroatoms. The van der Waals surface area contributed by atoms with Crippen molar-refractivity contribution in [1.82, 2.24) is 0 Å². The molecule has 1 aromatic rings. The summed E-state index contributed by atoms with van der Waals surface area (Å²) in [4.78, 5) is 20.0. The van der Waals surface area contributed by atoms with E-state index in [4.69, 9.17) is 10.8 Å². The quantitative estimate of drug-likeness (QED) is 0.0821. The average Bonchev–Trinajstić information content (AvgIpc) is 2.89. The molecule has 586 valence electrons. The summed E-state index contributed by atoms with van der Waals surface area (Å²) in [6.07, 6.45) is 28.4. The van der Waals surface area contributed by atoms with E-state index in [1.54, 1.807) is 0 Å². The first-order chi connectivity index (χ1) is 43.4. The van der Waals surface area contributed by atoms with Crippen LogP contribution in [0, 0.1) is 100 Å². The Morgan fingerprint density at radius 1 is 0.347 bits per heavy atom. The van der Waals surface area contributed by atoms with Crippen molar-refractivity contribution in [3.63, 3.8) is 0 Å². The summed E-state index contributed by atoms with van der Waals surface area (Å²) >= 11 is 0. The lowest BCUT2D eigenvalue weighted by atomic mass is 9.84. The molecule has 0 aliphatic carbocycles. The number of rotatable bonds is 28. The standard InChI is InChI=1S/C10H14.C8H18.4C7H16.C6H13NO.C6H12O2.4C6H14.C5H12.C4H10/c1-9(2)8-10-6-4-3-5-7-10;1-4-5-6-7-8(2)3;1-6(2)7(3,4)5;1-6(2)5-7(3)4;2*1-4-5-6-7(2)3;2*1-5(2)3-4-6(7)8;1-5(2)6(3)4;3*1-4-5-6(2)3;1-4-5(2)3;1-4(2)3/h3-7,9H,8H2,1-2H3;8H,4-7H2,1-3H3;6H,1-5H3;6-7H,5H2,1-4H3;2*7H,4-6H2,1-3H3;5H,3-4H2,1-2H3,(H2,7,8);5H,3-4H2,1-2H3,(H,7,8);5-6H,1-4H3;3*6H,4-5H2,1-3H3;5H,4H2,1-3H3;4H,1-3H3. The lowest BCUT2D eigenvalue weighted by Crippen LogP contribution is -2.12. The van der Waals surface area contributed by atoms with E-state index in [-0.39, 0.29) is 5.91 Å². The first-order valence-corrected chi connectivity index (χ1v) is 40.9. The number of amides is 1. The van der Waals surface area contributed by atoms with Crippen molar-refractivity contribution in [2.24, 2.45) is 106 Å². The van der Waals surface area contributed by atoms with Crippen molar-refractivity contribution >= 4 is 11.9 Å². The van der Waals surface area contributed by atoms with Crippen LogP contribution in [0.2, 0.25) is 0 Å². The number of aliphatic carboxylic acids is 1. The first kappa shape index (κ1) is 123. The molecule has 0 saturated heterocycles. The molecule has 0 aliphatic rings. The van der Waals surface area contributed by atoms with Gasteiger partial charge in [0.25, 0.3) is 0 Å². The van der Waals surface area contributed by atoms with Crippen molar-refractivity contribution in [2.45, 2.75) is 445 Å². The molecule has 1 aromatic carbocycles. The van der Waals surface area contributed by atoms with Crippen LogP contribution in [0.1, 0.15) is 445 Å². The fraction of sp³-hybridized carbons (Fsp3) is 0.912. The Morgan fingerprint density at radius 2 is 0.600 bits per heavy atom. The normalized spacial score (nSPS) is 10.4. The molecule has 4 nitrogen and oxygen atoms in total. The summed E-state index contributed by atoms with van der Waals surface area (Å²) in [6.45, 7) is 95.7. The first-order valence-electron chi connectivity index (χ1n) is 40.9. The third kappa shape index (κ3) is 221. The zero-order valence-corrected chi connectivity index (χ0v) is 75.2. The minimum atomic E-state index is -0.696. The predicted molar refractivity (Wildman–Crippen MR) is 451 cm³/mol. The minimum Gasteiger partial charge on any atom is -0.481 e. The second-order valence-corrected chi connectivity index (χ2v) is 34.9. The van der Waals surface area contributed by atoms with E-state index in [1.807, 2.05) is 13.8 Å². The molecule has 0 heterocycles. The van der Waals surface area contributed by atoms with Crippen LogP contribution in [0.15, 0.2) is 30.3 Å². The van der Waals surface area contributed by atoms with Crippen molar-refractivity contribution in [2.75, 3.05) is 0 Å². The highest BCUT2D eigenvalue weighted by atomic mass is 16.4. The summed E-state index contributed by atoms with van der Waals surface area (Å²) in [5.41, 5.74) is 6.84. The molecule has 95 heavy (non-hydrogen) atoms. The lowest BCUT2D eigenvalue weighted by Gasteiger charge is -2.22. The Morgan fingerprint density at radius 3 is 0.716 bits per heavy atom. The van der Waals surface area contributed by atoms with Crippen LogP contribution in [0.3, 0.4) is 0 Å². The molecule has 0 unspecified atom stereocenters. The number of carbonyl (C=O) groups is 2. The topological polar surface area (TPSA) is 80.4 Å². The molecule has 0 fully saturated rings. The van der Waals surface area contributed by atoms with Gasteiger partial charge in [0.1, 0.15) is 0 Å². The highest BCUT2D eigenvalue weighted by Crippen LogP contribution is 2.23. The average molecular weight is 1360 g/mol. The molecular formula is C91H199NO3. The van der Waals surface area contributed by atoms with Gasteiger partial charge in [-0.3, -0.25) is 9.59 Å². The van der Waals surface area contributed by atoms with E-state index >= 15 is 0 Å². The number of carboxylic acid groups (broad SMARTS) is 1. The van der Waals surface area contributed by atoms with Gasteiger partial charge in [0.2, 0.25) is 5.91 Å². The van der Waals surface area contributed by atoms with Gasteiger partial charge in [-0.2, -0.15) is 0 Å². The molecule has 0 saturated carbocycles. The zero-order chi connectivity index (χ0) is 78.3. The van der Waals surface area contributed by atoms with Crippen LogP contribution >= 0.6 is 0 Å². The van der Waals surface area contributed by atoms with Gasteiger partial charge >= 0.3 is 5.97 Å². The highest BCUT2D eigenvalue weighted by Gasteiger charge is 2.13. The summed E-state index contributed by atoms with van der Waals surface area (Å²) in [5, 5.41) is 8.16. The molecule has 1 rings (SSSR count). The van der Waals surface area contributed by atoms with Crippen LogP contribution < -0.4 is 5.73 Å². The van der Waals surface area contributed by atoms with Gasteiger partial charge in [0.05, 0.1) is 0 Å². The van der Waals surface area contributed by atoms with Gasteiger partial charge in [0.15, 0.2) is 0 Å². The van der Waals surface area contributed by atoms with Crippen LogP contribution in [0.5, 0.6) is 0 Å². The predicted octanol–water partition coefficient (Wildman–Crippen LogP) is 32.9. The summed E-state index contributed by atoms with van der Waals surface area (Å²) < 4.78 is 0. The summed E-state index contributed by atoms with van der Waals surface area (Å²) in [7, 11) is 0. The molecule has 0 radical (unpaired) electrons. The van der Waals surface area contributed by atoms with Gasteiger partial charge in [-0.05, 0) is 131 Å². The molecule has 0 aromatic heterocycles. The second-order valence-electron chi connectivity index (χ2n) is 34.9. The van der Waals surface area contributed by atoms with Gasteiger partial charge < -0.3 is 10.8 Å². The van der Waals surface area contributed by atoms with Crippen LogP contribution in [-0.2, 0) is 16.0 Å². The summed E-state index contributed by atoms with van der Waals surface area (Å²) in [6, 6.07) is 10.6. The number of nitrogens with two attached hydrogens (primary N) is 1. The van der Waals surface area contributed by atoms with E-state index in [1.165, 1.54) is 128 Å². The van der Waals surface area contributed by atoms with Gasteiger partial charge in [-0.15, -0.1) is 0 Å². The van der Waals surface area contributed by atoms with E-state index in [0.717, 1.165) is 95.7 Å². The molecule has 0 aliphatic heterocycles. The second kappa shape index (κ2) is 96.3. The minimum absolute atomic E-state index is 0.196. The number of carbonyl (C=O) groups excluding carboxylic acids is 1. The fourth-order valence-electron chi connectivity index (χ4n) is 6.63. The molecule has 3 N–H and O–H groups in total. The lowest BCUT2D eigenvalue weighted by molar-refractivity contribution is -0.137. The van der Waals surface area contributed by atoms with E-state index in [0.29, 0.717) is 30.1 Å². The Balaban J connectivity index is -0.0000000696. The maximum absolute atomic E-state index is 10.1. The largest absolute Gasteiger partial charge is 0.481 e. The number of primary amides is 1. The molecular weight excluding hydrogens is 1160 g/mol. The van der Waals surface area contributed by atoms with Gasteiger partial charge in [0, 0.05) is 12.8 Å². The van der Waals surface area contributed by atoms with Crippen LogP contribution in [0.25, 0.3) is 0 Å². The van der Waals surface area contributed by atoms with Crippen molar-refractivity contribution in [3.8, 4) is 0 Å². The highest BCUT2D eigenvalue weighted by molar-refractivity contribution is 5.73. The van der Waals surface area contributed by atoms with E-state index in [9.17, 15) is 9.59 Å². The van der Waals surface area contributed by atoms with E-state index in [2.05, 4.69) is 314 Å². The third-order valence-electron chi connectivity index (χ3n) is 14.5. The monoisotopic (exact) mass is 1350 g/mol. The molecule has 0 bridgehead atoms. The Labute approximate surface area is 610 Å². The van der Waals surface area contributed by atoms with Crippen molar-refractivity contribution < 1.29 is 14.7 Å². The number of benzene rings is 1. The van der Waals surface area contributed by atoms with Crippen LogP contribution in [-0.4, -0.2) is 17.0 Å². The van der Waals surface area contributed by atoms with Crippen LogP contribution in [0.4, 0.5) is 0 Å². The Hall–Kier alpha value is -1.84. The smallest absolute Gasteiger partial charge is 0.303 e. The number of unbranched alkanes of at least 4 members (excludes halogenated alkanes) is 4. The number of carboxylic acids is 1. The number of hydrogen-bond acceptors (Lipinski definition) is 2. The third-order valence-corrected chi connectivity index (χ3v) is 14.5. The Bertz CT molecular complexity index is 1330. The zero-order valence-electron chi connectivity index (χ0n) is 75.2. The fourth-order valence-corrected chi connectivity index (χ4v) is 6.63. The van der Waals surface area contributed by atoms with Crippen molar-refractivity contribution in [3.05, 3.63) is 35.9 Å². The van der Waals surface area contributed by atoms with E-state index < -0.39 is 5.97 Å². The van der Waals surface area contributed by atoms with Crippen molar-refractivity contribution in [1.29, 1.82) is 0 Å². The maximum Gasteiger partial charge on any atom is 0.303 e. The maximum atomic E-state index is 10.1.